The highest BCUT2D eigenvalue weighted by atomic mass is 32.1. The van der Waals surface area contributed by atoms with E-state index in [-0.39, 0.29) is 31.4 Å². The fourth-order valence-corrected chi connectivity index (χ4v) is 6.87. The van der Waals surface area contributed by atoms with Crippen LogP contribution in [0.15, 0.2) is 77.8 Å². The van der Waals surface area contributed by atoms with Crippen LogP contribution in [-0.2, 0) is 34.8 Å². The lowest BCUT2D eigenvalue weighted by atomic mass is 9.85. The number of aryl methyl sites for hydroxylation is 1. The van der Waals surface area contributed by atoms with Crippen molar-refractivity contribution in [2.75, 3.05) is 7.05 Å². The van der Waals surface area contributed by atoms with E-state index in [1.54, 1.807) is 60.4 Å². The molecule has 274 valence electrons. The maximum Gasteiger partial charge on any atom is 0.407 e. The molecule has 14 heteroatoms. The Morgan fingerprint density at radius 3 is 2.29 bits per heavy atom. The Kier molecular flexibility index (Phi) is 14.5. The molecule has 2 heterocycles. The zero-order chi connectivity index (χ0) is 37.0. The molecule has 0 spiro atoms. The Morgan fingerprint density at radius 2 is 1.69 bits per heavy atom. The lowest BCUT2D eigenvalue weighted by molar-refractivity contribution is -0.127. The number of aromatic nitrogens is 2. The maximum atomic E-state index is 14.2. The molecule has 2 aromatic heterocycles. The second-order valence-electron chi connectivity index (χ2n) is 13.2. The van der Waals surface area contributed by atoms with Crippen LogP contribution in [0.5, 0.6) is 0 Å². The van der Waals surface area contributed by atoms with Gasteiger partial charge in [0.05, 0.1) is 39.8 Å². The van der Waals surface area contributed by atoms with Gasteiger partial charge in [-0.1, -0.05) is 88.4 Å². The molecule has 4 atom stereocenters. The van der Waals surface area contributed by atoms with Crippen molar-refractivity contribution in [3.63, 3.8) is 0 Å². The van der Waals surface area contributed by atoms with Crippen molar-refractivity contribution in [1.82, 2.24) is 30.8 Å². The number of alkyl carbamates (subject to hydrolysis) is 1. The van der Waals surface area contributed by atoms with Gasteiger partial charge in [-0.3, -0.25) is 9.78 Å². The largest absolute Gasteiger partial charge is 0.444 e. The normalized spacial score (nSPS) is 14.3. The zero-order valence-corrected chi connectivity index (χ0v) is 31.4. The van der Waals surface area contributed by atoms with Gasteiger partial charge in [0.2, 0.25) is 5.91 Å². The van der Waals surface area contributed by atoms with Crippen molar-refractivity contribution < 1.29 is 24.2 Å². The summed E-state index contributed by atoms with van der Waals surface area (Å²) >= 11 is 2.88. The van der Waals surface area contributed by atoms with Gasteiger partial charge in [0, 0.05) is 24.5 Å². The average Bonchev–Trinajstić information content (AvgIpc) is 3.82. The first-order valence-electron chi connectivity index (χ1n) is 17.0. The number of carbonyl (C=O) groups is 3. The minimum Gasteiger partial charge on any atom is -0.444 e. The van der Waals surface area contributed by atoms with Crippen LogP contribution in [0.25, 0.3) is 0 Å². The second kappa shape index (κ2) is 18.7. The minimum atomic E-state index is -1.83. The average molecular weight is 736 g/mol. The summed E-state index contributed by atoms with van der Waals surface area (Å²) in [6.07, 6.45) is 1.08. The first kappa shape index (κ1) is 39.4. The second-order valence-corrected chi connectivity index (χ2v) is 15.1. The molecular weight excluding hydrogens is 687 g/mol. The monoisotopic (exact) mass is 735 g/mol. The number of carbonyl (C=O) groups excluding carboxylic acids is 3. The van der Waals surface area contributed by atoms with Crippen LogP contribution >= 0.6 is 22.7 Å². The predicted octanol–water partition coefficient (Wildman–Crippen LogP) is 5.50. The van der Waals surface area contributed by atoms with Crippen molar-refractivity contribution in [1.29, 1.82) is 0 Å². The van der Waals surface area contributed by atoms with Crippen LogP contribution in [-0.4, -0.2) is 63.2 Å². The Labute approximate surface area is 307 Å². The van der Waals surface area contributed by atoms with E-state index in [0.29, 0.717) is 18.4 Å². The summed E-state index contributed by atoms with van der Waals surface area (Å²) in [7, 11) is 1.64. The van der Waals surface area contributed by atoms with E-state index in [1.165, 1.54) is 16.2 Å². The molecule has 6 N–H and O–H groups in total. The Balaban J connectivity index is 1.57. The number of nitrogens with two attached hydrogens (primary N) is 1. The molecule has 2 aromatic carbocycles. The van der Waals surface area contributed by atoms with E-state index in [1.807, 2.05) is 49.6 Å². The van der Waals surface area contributed by atoms with Gasteiger partial charge in [0.1, 0.15) is 18.3 Å². The van der Waals surface area contributed by atoms with Gasteiger partial charge in [-0.2, -0.15) is 0 Å². The predicted molar refractivity (Wildman–Crippen MR) is 200 cm³/mol. The van der Waals surface area contributed by atoms with E-state index in [9.17, 15) is 19.5 Å². The molecule has 0 aliphatic carbocycles. The van der Waals surface area contributed by atoms with Crippen molar-refractivity contribution in [3.8, 4) is 0 Å². The summed E-state index contributed by atoms with van der Waals surface area (Å²) in [6.45, 7) is 7.98. The fourth-order valence-electron chi connectivity index (χ4n) is 5.54. The van der Waals surface area contributed by atoms with Crippen molar-refractivity contribution >= 4 is 40.7 Å². The van der Waals surface area contributed by atoms with Gasteiger partial charge in [-0.05, 0) is 36.3 Å². The van der Waals surface area contributed by atoms with Crippen LogP contribution in [0.1, 0.15) is 73.2 Å². The van der Waals surface area contributed by atoms with Gasteiger partial charge < -0.3 is 36.4 Å². The van der Waals surface area contributed by atoms with Gasteiger partial charge in [0.15, 0.2) is 0 Å². The summed E-state index contributed by atoms with van der Waals surface area (Å²) < 4.78 is 5.48. The lowest BCUT2D eigenvalue weighted by Crippen LogP contribution is -2.71. The van der Waals surface area contributed by atoms with Crippen molar-refractivity contribution in [2.45, 2.75) is 89.9 Å². The number of rotatable bonds is 17. The van der Waals surface area contributed by atoms with Crippen LogP contribution in [0.3, 0.4) is 0 Å². The molecule has 3 unspecified atom stereocenters. The number of thiazole rings is 2. The number of amides is 4. The standard InChI is InChI=1S/C37H49N7O5S2/c1-24(2)31(41-35(47)44(5)20-28-22-50-34(40-28)25(3)4)33(46)43-37(38,27-16-10-7-11-17-27)32(42-36(48)49-21-29-19-39-23-51-29)30(45)18-12-15-26-13-8-6-9-14-26/h6-11,13-14,16-17,19,22-25,30-32,45H,12,15,18,20-21,38H2,1-5H3,(H,41,47)(H,42,48)(H,43,46)/t30?,31-,32?,37?/m0/s1. The lowest BCUT2D eigenvalue weighted by Gasteiger charge is -2.42. The van der Waals surface area contributed by atoms with E-state index in [4.69, 9.17) is 10.5 Å². The molecule has 0 radical (unpaired) electrons. The third-order valence-electron chi connectivity index (χ3n) is 8.40. The quantitative estimate of drug-likeness (QED) is 0.0886. The highest BCUT2D eigenvalue weighted by molar-refractivity contribution is 7.09. The number of aliphatic hydroxyl groups excluding tert-OH is 1. The van der Waals surface area contributed by atoms with Crippen molar-refractivity contribution in [3.05, 3.63) is 104 Å². The van der Waals surface area contributed by atoms with E-state index in [2.05, 4.69) is 39.8 Å². The number of aliphatic hydroxyl groups is 1. The van der Waals surface area contributed by atoms with Crippen LogP contribution < -0.4 is 21.7 Å². The smallest absolute Gasteiger partial charge is 0.407 e. The molecule has 51 heavy (non-hydrogen) atoms. The first-order chi connectivity index (χ1) is 24.4. The summed E-state index contributed by atoms with van der Waals surface area (Å²) in [5, 5.41) is 23.2. The number of nitrogens with zero attached hydrogens (tertiary/aromatic N) is 3. The Bertz CT molecular complexity index is 1670. The molecule has 0 aliphatic heterocycles. The molecule has 4 aromatic rings. The summed E-state index contributed by atoms with van der Waals surface area (Å²) in [5.74, 6) is -0.658. The number of nitrogens with one attached hydrogen (secondary N) is 3. The van der Waals surface area contributed by atoms with Crippen LogP contribution in [0.2, 0.25) is 0 Å². The Hall–Kier alpha value is -4.37. The summed E-state index contributed by atoms with van der Waals surface area (Å²) in [6, 6.07) is 15.9. The highest BCUT2D eigenvalue weighted by Gasteiger charge is 2.45. The number of hydrogen-bond acceptors (Lipinski definition) is 10. The SMILES string of the molecule is CC(C)c1nc(CN(C)C(=O)N[C@H](C(=O)NC(N)(c2ccccc2)C(NC(=O)OCc2cncs2)C(O)CCCc2ccccc2)C(C)C)cs1. The van der Waals surface area contributed by atoms with E-state index < -0.39 is 41.9 Å². The van der Waals surface area contributed by atoms with Crippen molar-refractivity contribution in [2.24, 2.45) is 11.7 Å². The highest BCUT2D eigenvalue weighted by Crippen LogP contribution is 2.26. The molecule has 0 saturated carbocycles. The van der Waals surface area contributed by atoms with Gasteiger partial charge in [0.25, 0.3) is 0 Å². The molecule has 0 aliphatic rings. The number of ether oxygens (including phenoxy) is 1. The summed E-state index contributed by atoms with van der Waals surface area (Å²) in [5.41, 5.74) is 9.24. The number of urea groups is 1. The molecule has 0 saturated heterocycles. The molecule has 0 fully saturated rings. The van der Waals surface area contributed by atoms with E-state index in [0.717, 1.165) is 21.1 Å². The third kappa shape index (κ3) is 11.3. The number of benzene rings is 2. The van der Waals surface area contributed by atoms with Crippen LogP contribution in [0, 0.1) is 5.92 Å². The van der Waals surface area contributed by atoms with Gasteiger partial charge in [-0.15, -0.1) is 22.7 Å². The summed E-state index contributed by atoms with van der Waals surface area (Å²) in [4.78, 5) is 51.7. The zero-order valence-electron chi connectivity index (χ0n) is 29.7. The third-order valence-corrected chi connectivity index (χ3v) is 10.4. The molecule has 4 amide bonds. The maximum absolute atomic E-state index is 14.2. The minimum absolute atomic E-state index is 0.0305. The molecule has 12 nitrogen and oxygen atoms in total. The van der Waals surface area contributed by atoms with Gasteiger partial charge >= 0.3 is 12.1 Å². The topological polar surface area (TPSA) is 172 Å². The fraction of sp³-hybridized carbons (Fsp3) is 0.432. The molecule has 0 bridgehead atoms. The molecule has 4 rings (SSSR count). The molecular formula is C37H49N7O5S2. The number of hydrogen-bond donors (Lipinski definition) is 5. The Morgan fingerprint density at radius 1 is 1.00 bits per heavy atom. The van der Waals surface area contributed by atoms with Gasteiger partial charge in [-0.25, -0.2) is 14.6 Å². The first-order valence-corrected chi connectivity index (χ1v) is 18.8. The van der Waals surface area contributed by atoms with Crippen LogP contribution in [0.4, 0.5) is 9.59 Å². The van der Waals surface area contributed by atoms with E-state index >= 15 is 0 Å².